The molecule has 0 saturated carbocycles. The van der Waals surface area contributed by atoms with Crippen LogP contribution >= 0.6 is 0 Å². The molecule has 1 saturated heterocycles. The number of pyridine rings is 1. The summed E-state index contributed by atoms with van der Waals surface area (Å²) in [5.41, 5.74) is 2.63. The fourth-order valence-corrected chi connectivity index (χ4v) is 3.01. The number of anilines is 1. The summed E-state index contributed by atoms with van der Waals surface area (Å²) in [6, 6.07) is 2.03. The monoisotopic (exact) mass is 302 g/mol. The number of nitrogens with one attached hydrogen (secondary N) is 1. The number of hydrogen-bond acceptors (Lipinski definition) is 6. The normalized spacial score (nSPS) is 17.6. The SMILES string of the molecule is Cc1cc(C)c2c(NCC3(CO)CCOCC3)ncnc2n1. The first-order valence-corrected chi connectivity index (χ1v) is 7.65. The third-order valence-corrected chi connectivity index (χ3v) is 4.45. The minimum absolute atomic E-state index is 0.137. The lowest BCUT2D eigenvalue weighted by atomic mass is 9.81. The number of aliphatic hydroxyl groups excluding tert-OH is 1. The van der Waals surface area contributed by atoms with Crippen molar-refractivity contribution in [1.29, 1.82) is 0 Å². The van der Waals surface area contributed by atoms with Crippen LogP contribution in [-0.4, -0.2) is 46.4 Å². The van der Waals surface area contributed by atoms with E-state index in [9.17, 15) is 5.11 Å². The van der Waals surface area contributed by atoms with E-state index in [-0.39, 0.29) is 12.0 Å². The summed E-state index contributed by atoms with van der Waals surface area (Å²) in [5, 5.41) is 14.1. The van der Waals surface area contributed by atoms with E-state index in [1.165, 1.54) is 6.33 Å². The molecule has 0 unspecified atom stereocenters. The maximum atomic E-state index is 9.78. The van der Waals surface area contributed by atoms with E-state index >= 15 is 0 Å². The molecule has 3 rings (SSSR count). The largest absolute Gasteiger partial charge is 0.396 e. The fourth-order valence-electron chi connectivity index (χ4n) is 3.01. The third-order valence-electron chi connectivity index (χ3n) is 4.45. The number of aromatic nitrogens is 3. The van der Waals surface area contributed by atoms with E-state index < -0.39 is 0 Å². The Hall–Kier alpha value is -1.79. The molecule has 6 nitrogen and oxygen atoms in total. The van der Waals surface area contributed by atoms with Crippen molar-refractivity contribution in [2.24, 2.45) is 5.41 Å². The molecule has 2 aromatic heterocycles. The Bertz CT molecular complexity index is 668. The molecule has 2 N–H and O–H groups in total. The summed E-state index contributed by atoms with van der Waals surface area (Å²) in [4.78, 5) is 13.1. The van der Waals surface area contributed by atoms with Gasteiger partial charge >= 0.3 is 0 Å². The summed E-state index contributed by atoms with van der Waals surface area (Å²) >= 11 is 0. The van der Waals surface area contributed by atoms with Crippen molar-refractivity contribution >= 4 is 16.9 Å². The summed E-state index contributed by atoms with van der Waals surface area (Å²) in [6.07, 6.45) is 3.25. The Morgan fingerprint density at radius 1 is 1.27 bits per heavy atom. The summed E-state index contributed by atoms with van der Waals surface area (Å²) in [6.45, 7) is 6.24. The van der Waals surface area contributed by atoms with E-state index in [2.05, 4.69) is 20.3 Å². The molecule has 1 aliphatic rings. The van der Waals surface area contributed by atoms with Gasteiger partial charge in [0.2, 0.25) is 0 Å². The lowest BCUT2D eigenvalue weighted by Crippen LogP contribution is -2.39. The highest BCUT2D eigenvalue weighted by molar-refractivity contribution is 5.89. The molecule has 0 aromatic carbocycles. The highest BCUT2D eigenvalue weighted by Gasteiger charge is 2.32. The van der Waals surface area contributed by atoms with Crippen LogP contribution in [0.15, 0.2) is 12.4 Å². The van der Waals surface area contributed by atoms with Crippen molar-refractivity contribution in [2.75, 3.05) is 31.7 Å². The highest BCUT2D eigenvalue weighted by Crippen LogP contribution is 2.31. The second kappa shape index (κ2) is 6.14. The van der Waals surface area contributed by atoms with Crippen LogP contribution in [0.5, 0.6) is 0 Å². The van der Waals surface area contributed by atoms with Crippen molar-refractivity contribution in [3.05, 3.63) is 23.7 Å². The minimum Gasteiger partial charge on any atom is -0.396 e. The molecule has 0 aliphatic carbocycles. The van der Waals surface area contributed by atoms with E-state index in [4.69, 9.17) is 4.74 Å². The van der Waals surface area contributed by atoms with E-state index in [1.54, 1.807) is 0 Å². The molecule has 3 heterocycles. The zero-order valence-electron chi connectivity index (χ0n) is 13.1. The van der Waals surface area contributed by atoms with Crippen LogP contribution in [0.3, 0.4) is 0 Å². The van der Waals surface area contributed by atoms with Gasteiger partial charge in [0, 0.05) is 30.9 Å². The molecule has 0 spiro atoms. The molecule has 0 atom stereocenters. The molecule has 0 bridgehead atoms. The van der Waals surface area contributed by atoms with Crippen LogP contribution in [-0.2, 0) is 4.74 Å². The van der Waals surface area contributed by atoms with Crippen LogP contribution in [0.4, 0.5) is 5.82 Å². The predicted octanol–water partition coefficient (Wildman–Crippen LogP) is 1.84. The number of fused-ring (bicyclic) bond motifs is 1. The molecule has 1 aliphatic heterocycles. The van der Waals surface area contributed by atoms with E-state index in [0.29, 0.717) is 25.4 Å². The second-order valence-corrected chi connectivity index (χ2v) is 6.13. The van der Waals surface area contributed by atoms with Crippen LogP contribution in [0.25, 0.3) is 11.0 Å². The first-order chi connectivity index (χ1) is 10.6. The van der Waals surface area contributed by atoms with E-state index in [0.717, 1.165) is 35.3 Å². The van der Waals surface area contributed by atoms with Crippen LogP contribution in [0.1, 0.15) is 24.1 Å². The van der Waals surface area contributed by atoms with Crippen LogP contribution in [0.2, 0.25) is 0 Å². The second-order valence-electron chi connectivity index (χ2n) is 6.13. The quantitative estimate of drug-likeness (QED) is 0.897. The van der Waals surface area contributed by atoms with Gasteiger partial charge in [-0.25, -0.2) is 15.0 Å². The first-order valence-electron chi connectivity index (χ1n) is 7.65. The summed E-state index contributed by atoms with van der Waals surface area (Å²) < 4.78 is 5.41. The maximum absolute atomic E-state index is 9.78. The minimum atomic E-state index is -0.137. The van der Waals surface area contributed by atoms with Crippen LogP contribution in [0, 0.1) is 19.3 Å². The van der Waals surface area contributed by atoms with Gasteiger partial charge in [0.25, 0.3) is 0 Å². The molecule has 118 valence electrons. The van der Waals surface area contributed by atoms with E-state index in [1.807, 2.05) is 19.9 Å². The summed E-state index contributed by atoms with van der Waals surface area (Å²) in [7, 11) is 0. The number of hydrogen-bond donors (Lipinski definition) is 2. The molecule has 22 heavy (non-hydrogen) atoms. The van der Waals surface area contributed by atoms with Crippen LogP contribution < -0.4 is 5.32 Å². The lowest BCUT2D eigenvalue weighted by Gasteiger charge is -2.35. The Balaban J connectivity index is 1.87. The zero-order chi connectivity index (χ0) is 15.6. The Morgan fingerprint density at radius 2 is 2.05 bits per heavy atom. The molecule has 1 fully saturated rings. The first kappa shape index (κ1) is 15.1. The predicted molar refractivity (Wildman–Crippen MR) is 84.9 cm³/mol. The van der Waals surface area contributed by atoms with Crippen molar-refractivity contribution in [3.63, 3.8) is 0 Å². The Kier molecular flexibility index (Phi) is 4.22. The summed E-state index contributed by atoms with van der Waals surface area (Å²) in [5.74, 6) is 0.786. The van der Waals surface area contributed by atoms with Gasteiger partial charge < -0.3 is 15.2 Å². The Morgan fingerprint density at radius 3 is 2.77 bits per heavy atom. The van der Waals surface area contributed by atoms with Gasteiger partial charge in [0.05, 0.1) is 12.0 Å². The highest BCUT2D eigenvalue weighted by atomic mass is 16.5. The molecule has 0 amide bonds. The maximum Gasteiger partial charge on any atom is 0.165 e. The standard InChI is InChI=1S/C16H22N4O2/c1-11-7-12(2)20-15-13(11)14(18-10-19-15)17-8-16(9-21)3-5-22-6-4-16/h7,10,21H,3-6,8-9H2,1-2H3,(H,17,18,19,20). The van der Waals surface area contributed by atoms with Crippen molar-refractivity contribution in [3.8, 4) is 0 Å². The fraction of sp³-hybridized carbons (Fsp3) is 0.562. The topological polar surface area (TPSA) is 80.2 Å². The third kappa shape index (κ3) is 2.89. The van der Waals surface area contributed by atoms with Crippen molar-refractivity contribution in [1.82, 2.24) is 15.0 Å². The number of nitrogens with zero attached hydrogens (tertiary/aromatic N) is 3. The average molecular weight is 302 g/mol. The zero-order valence-corrected chi connectivity index (χ0v) is 13.1. The molecular weight excluding hydrogens is 280 g/mol. The van der Waals surface area contributed by atoms with Gasteiger partial charge in [-0.3, -0.25) is 0 Å². The van der Waals surface area contributed by atoms with Gasteiger partial charge in [-0.05, 0) is 38.3 Å². The number of rotatable bonds is 4. The van der Waals surface area contributed by atoms with Crippen molar-refractivity contribution in [2.45, 2.75) is 26.7 Å². The van der Waals surface area contributed by atoms with Gasteiger partial charge in [0.15, 0.2) is 5.65 Å². The molecule has 6 heteroatoms. The molecule has 2 aromatic rings. The lowest BCUT2D eigenvalue weighted by molar-refractivity contribution is -0.00860. The number of aryl methyl sites for hydroxylation is 2. The number of aliphatic hydroxyl groups is 1. The van der Waals surface area contributed by atoms with Gasteiger partial charge in [-0.2, -0.15) is 0 Å². The smallest absolute Gasteiger partial charge is 0.165 e. The van der Waals surface area contributed by atoms with Gasteiger partial charge in [-0.1, -0.05) is 0 Å². The van der Waals surface area contributed by atoms with Crippen molar-refractivity contribution < 1.29 is 9.84 Å². The van der Waals surface area contributed by atoms with Gasteiger partial charge in [-0.15, -0.1) is 0 Å². The molecular formula is C16H22N4O2. The molecule has 0 radical (unpaired) electrons. The Labute approximate surface area is 130 Å². The average Bonchev–Trinajstić information content (AvgIpc) is 2.53. The number of ether oxygens (including phenoxy) is 1. The van der Waals surface area contributed by atoms with Gasteiger partial charge in [0.1, 0.15) is 12.1 Å².